The van der Waals surface area contributed by atoms with Crippen molar-refractivity contribution in [2.75, 3.05) is 11.9 Å². The summed E-state index contributed by atoms with van der Waals surface area (Å²) in [5, 5.41) is 13.8. The van der Waals surface area contributed by atoms with Gasteiger partial charge in [-0.3, -0.25) is 14.7 Å². The van der Waals surface area contributed by atoms with Crippen LogP contribution in [-0.2, 0) is 11.2 Å². The van der Waals surface area contributed by atoms with Crippen molar-refractivity contribution in [1.29, 1.82) is 0 Å². The number of carbonyl (C=O) groups excluding carboxylic acids is 2. The van der Waals surface area contributed by atoms with Crippen molar-refractivity contribution in [2.24, 2.45) is 0 Å². The van der Waals surface area contributed by atoms with E-state index >= 15 is 0 Å². The first-order valence-corrected chi connectivity index (χ1v) is 7.23. The van der Waals surface area contributed by atoms with E-state index in [1.807, 2.05) is 5.38 Å². The molecule has 0 radical (unpaired) electrons. The fourth-order valence-corrected chi connectivity index (χ4v) is 2.31. The van der Waals surface area contributed by atoms with E-state index in [-0.39, 0.29) is 18.4 Å². The number of hydrogen-bond donors (Lipinski definition) is 3. The Balaban J connectivity index is 1.78. The van der Waals surface area contributed by atoms with Gasteiger partial charge >= 0.3 is 0 Å². The molecular formula is C13H16N4O2S. The third kappa shape index (κ3) is 3.92. The van der Waals surface area contributed by atoms with Crippen molar-refractivity contribution in [3.05, 3.63) is 34.2 Å². The number of nitrogens with one attached hydrogen (secondary N) is 3. The predicted octanol–water partition coefficient (Wildman–Crippen LogP) is 1.79. The lowest BCUT2D eigenvalue weighted by molar-refractivity contribution is -0.115. The summed E-state index contributed by atoms with van der Waals surface area (Å²) in [5.41, 5.74) is 0.977. The molecule has 0 aliphatic rings. The molecule has 2 amide bonds. The average molecular weight is 292 g/mol. The second-order valence-electron chi connectivity index (χ2n) is 4.24. The number of thiophene rings is 1. The summed E-state index contributed by atoms with van der Waals surface area (Å²) in [6.45, 7) is 1.99. The van der Waals surface area contributed by atoms with E-state index in [0.29, 0.717) is 10.7 Å². The van der Waals surface area contributed by atoms with Gasteiger partial charge in [0.25, 0.3) is 5.91 Å². The van der Waals surface area contributed by atoms with Gasteiger partial charge in [-0.1, -0.05) is 19.4 Å². The standard InChI is InChI=1S/C13H16N4O2S/c1-2-4-9-7-11(17-16-9)15-12(18)8-14-13(19)10-5-3-6-20-10/h3,5-7H,2,4,8H2,1H3,(H,14,19)(H2,15,16,17,18). The molecule has 6 nitrogen and oxygen atoms in total. The van der Waals surface area contributed by atoms with Gasteiger partial charge in [0.2, 0.25) is 5.91 Å². The minimum absolute atomic E-state index is 0.0767. The molecule has 20 heavy (non-hydrogen) atoms. The Bertz CT molecular complexity index is 577. The van der Waals surface area contributed by atoms with Crippen molar-refractivity contribution in [3.63, 3.8) is 0 Å². The molecule has 0 fully saturated rings. The molecule has 106 valence electrons. The molecule has 0 saturated carbocycles. The molecule has 0 unspecified atom stereocenters. The minimum atomic E-state index is -0.301. The molecule has 0 bridgehead atoms. The van der Waals surface area contributed by atoms with Crippen molar-refractivity contribution in [1.82, 2.24) is 15.5 Å². The van der Waals surface area contributed by atoms with Gasteiger partial charge < -0.3 is 10.6 Å². The van der Waals surface area contributed by atoms with Gasteiger partial charge in [0, 0.05) is 11.8 Å². The molecule has 0 aromatic carbocycles. The van der Waals surface area contributed by atoms with Crippen LogP contribution in [0.3, 0.4) is 0 Å². The fourth-order valence-electron chi connectivity index (χ4n) is 1.67. The van der Waals surface area contributed by atoms with Gasteiger partial charge in [0.05, 0.1) is 11.4 Å². The summed E-state index contributed by atoms with van der Waals surface area (Å²) in [4.78, 5) is 23.9. The molecule has 2 heterocycles. The van der Waals surface area contributed by atoms with Gasteiger partial charge in [-0.2, -0.15) is 5.10 Å². The van der Waals surface area contributed by atoms with E-state index in [0.717, 1.165) is 18.5 Å². The van der Waals surface area contributed by atoms with Crippen LogP contribution in [0.15, 0.2) is 23.6 Å². The molecule has 2 aromatic rings. The molecule has 0 aliphatic carbocycles. The number of amides is 2. The number of anilines is 1. The third-order valence-electron chi connectivity index (χ3n) is 2.57. The monoisotopic (exact) mass is 292 g/mol. The van der Waals surface area contributed by atoms with Crippen LogP contribution < -0.4 is 10.6 Å². The van der Waals surface area contributed by atoms with Crippen LogP contribution in [0, 0.1) is 0 Å². The molecule has 2 rings (SSSR count). The Morgan fingerprint density at radius 1 is 1.45 bits per heavy atom. The fraction of sp³-hybridized carbons (Fsp3) is 0.308. The first-order valence-electron chi connectivity index (χ1n) is 6.35. The first-order chi connectivity index (χ1) is 9.69. The largest absolute Gasteiger partial charge is 0.342 e. The normalized spacial score (nSPS) is 10.2. The SMILES string of the molecule is CCCc1cc(NC(=O)CNC(=O)c2cccs2)n[nH]1. The summed E-state index contributed by atoms with van der Waals surface area (Å²) < 4.78 is 0. The van der Waals surface area contributed by atoms with Gasteiger partial charge in [0.15, 0.2) is 5.82 Å². The highest BCUT2D eigenvalue weighted by molar-refractivity contribution is 7.12. The Morgan fingerprint density at radius 2 is 2.30 bits per heavy atom. The summed E-state index contributed by atoms with van der Waals surface area (Å²) in [5.74, 6) is -0.0721. The van der Waals surface area contributed by atoms with E-state index in [4.69, 9.17) is 0 Å². The highest BCUT2D eigenvalue weighted by Gasteiger charge is 2.10. The zero-order valence-corrected chi connectivity index (χ0v) is 11.9. The smallest absolute Gasteiger partial charge is 0.261 e. The Labute approximate surface area is 120 Å². The molecule has 2 aromatic heterocycles. The number of nitrogens with zero attached hydrogens (tertiary/aromatic N) is 1. The third-order valence-corrected chi connectivity index (χ3v) is 3.44. The Kier molecular flexibility index (Phi) is 4.89. The molecular weight excluding hydrogens is 276 g/mol. The van der Waals surface area contributed by atoms with Crippen LogP contribution in [0.4, 0.5) is 5.82 Å². The number of rotatable bonds is 6. The maximum absolute atomic E-state index is 11.7. The van der Waals surface area contributed by atoms with E-state index in [9.17, 15) is 9.59 Å². The van der Waals surface area contributed by atoms with Gasteiger partial charge in [0.1, 0.15) is 0 Å². The van der Waals surface area contributed by atoms with Crippen LogP contribution in [0.2, 0.25) is 0 Å². The molecule has 7 heteroatoms. The van der Waals surface area contributed by atoms with Crippen molar-refractivity contribution >= 4 is 29.0 Å². The van der Waals surface area contributed by atoms with E-state index < -0.39 is 0 Å². The number of aryl methyl sites for hydroxylation is 1. The quantitative estimate of drug-likeness (QED) is 0.758. The summed E-state index contributed by atoms with van der Waals surface area (Å²) in [6.07, 6.45) is 1.89. The summed E-state index contributed by atoms with van der Waals surface area (Å²) in [7, 11) is 0. The lowest BCUT2D eigenvalue weighted by Crippen LogP contribution is -2.32. The van der Waals surface area contributed by atoms with Crippen LogP contribution in [0.1, 0.15) is 28.7 Å². The lowest BCUT2D eigenvalue weighted by Gasteiger charge is -2.03. The maximum atomic E-state index is 11.7. The summed E-state index contributed by atoms with van der Waals surface area (Å²) in [6, 6.07) is 5.30. The predicted molar refractivity (Wildman–Crippen MR) is 77.9 cm³/mol. The Morgan fingerprint density at radius 3 is 3.00 bits per heavy atom. The van der Waals surface area contributed by atoms with Crippen LogP contribution in [0.5, 0.6) is 0 Å². The van der Waals surface area contributed by atoms with Gasteiger partial charge in [-0.25, -0.2) is 0 Å². The number of aromatic nitrogens is 2. The van der Waals surface area contributed by atoms with Crippen molar-refractivity contribution in [2.45, 2.75) is 19.8 Å². The van der Waals surface area contributed by atoms with Crippen LogP contribution >= 0.6 is 11.3 Å². The second-order valence-corrected chi connectivity index (χ2v) is 5.18. The van der Waals surface area contributed by atoms with E-state index in [2.05, 4.69) is 27.8 Å². The molecule has 3 N–H and O–H groups in total. The van der Waals surface area contributed by atoms with Crippen LogP contribution in [-0.4, -0.2) is 28.6 Å². The minimum Gasteiger partial charge on any atom is -0.342 e. The number of carbonyl (C=O) groups is 2. The van der Waals surface area contributed by atoms with Gasteiger partial charge in [-0.15, -0.1) is 11.3 Å². The number of aromatic amines is 1. The van der Waals surface area contributed by atoms with Crippen molar-refractivity contribution in [3.8, 4) is 0 Å². The highest BCUT2D eigenvalue weighted by Crippen LogP contribution is 2.08. The highest BCUT2D eigenvalue weighted by atomic mass is 32.1. The number of H-pyrrole nitrogens is 1. The molecule has 0 atom stereocenters. The zero-order valence-electron chi connectivity index (χ0n) is 11.1. The number of hydrogen-bond acceptors (Lipinski definition) is 4. The topological polar surface area (TPSA) is 86.9 Å². The van der Waals surface area contributed by atoms with E-state index in [1.165, 1.54) is 11.3 Å². The molecule has 0 aliphatic heterocycles. The Hall–Kier alpha value is -2.15. The van der Waals surface area contributed by atoms with Gasteiger partial charge in [-0.05, 0) is 17.9 Å². The molecule has 0 saturated heterocycles. The second kappa shape index (κ2) is 6.85. The average Bonchev–Trinajstić information content (AvgIpc) is 3.08. The van der Waals surface area contributed by atoms with E-state index in [1.54, 1.807) is 18.2 Å². The molecule has 0 spiro atoms. The summed E-state index contributed by atoms with van der Waals surface area (Å²) >= 11 is 1.33. The first kappa shape index (κ1) is 14.3. The van der Waals surface area contributed by atoms with Crippen LogP contribution in [0.25, 0.3) is 0 Å². The van der Waals surface area contributed by atoms with Crippen molar-refractivity contribution < 1.29 is 9.59 Å². The zero-order chi connectivity index (χ0) is 14.4. The maximum Gasteiger partial charge on any atom is 0.261 e. The lowest BCUT2D eigenvalue weighted by atomic mass is 10.2.